The van der Waals surface area contributed by atoms with E-state index in [0.717, 1.165) is 28.4 Å². The first-order valence-electron chi connectivity index (χ1n) is 8.04. The number of nitrogens with zero attached hydrogens (tertiary/aromatic N) is 2. The molecule has 7 heteroatoms. The predicted molar refractivity (Wildman–Crippen MR) is 98.2 cm³/mol. The molecule has 0 saturated carbocycles. The smallest absolute Gasteiger partial charge is 0.258 e. The number of carbonyl (C=O) groups is 1. The van der Waals surface area contributed by atoms with Crippen LogP contribution < -0.4 is 10.6 Å². The highest BCUT2D eigenvalue weighted by Gasteiger charge is 2.26. The Hall–Kier alpha value is -2.38. The van der Waals surface area contributed by atoms with Crippen molar-refractivity contribution >= 4 is 27.3 Å². The first-order valence-corrected chi connectivity index (χ1v) is 9.48. The summed E-state index contributed by atoms with van der Waals surface area (Å²) < 4.78 is 25.8. The molecule has 2 N–H and O–H groups in total. The van der Waals surface area contributed by atoms with E-state index in [-0.39, 0.29) is 10.8 Å². The van der Waals surface area contributed by atoms with Crippen LogP contribution in [0, 0.1) is 0 Å². The molecule has 1 aliphatic rings. The number of amides is 1. The van der Waals surface area contributed by atoms with E-state index in [1.54, 1.807) is 17.0 Å². The Kier molecular flexibility index (Phi) is 4.53. The molecule has 25 heavy (non-hydrogen) atoms. The molecule has 0 radical (unpaired) electrons. The van der Waals surface area contributed by atoms with Gasteiger partial charge in [-0.15, -0.1) is 0 Å². The van der Waals surface area contributed by atoms with Gasteiger partial charge in [0, 0.05) is 37.6 Å². The van der Waals surface area contributed by atoms with Gasteiger partial charge < -0.3 is 10.6 Å². The van der Waals surface area contributed by atoms with E-state index >= 15 is 0 Å². The minimum absolute atomic E-state index is 0.105. The van der Waals surface area contributed by atoms with Gasteiger partial charge in [0.15, 0.2) is 0 Å². The van der Waals surface area contributed by atoms with E-state index in [1.807, 2.05) is 18.2 Å². The number of fused-ring (bicyclic) bond motifs is 1. The van der Waals surface area contributed by atoms with E-state index in [1.165, 1.54) is 26.2 Å². The minimum Gasteiger partial charge on any atom is -0.398 e. The molecule has 1 aliphatic heterocycles. The lowest BCUT2D eigenvalue weighted by Crippen LogP contribution is -2.36. The second kappa shape index (κ2) is 6.50. The summed E-state index contributed by atoms with van der Waals surface area (Å²) >= 11 is 0. The maximum absolute atomic E-state index is 13.0. The van der Waals surface area contributed by atoms with E-state index in [4.69, 9.17) is 5.73 Å². The molecule has 0 saturated heterocycles. The first-order chi connectivity index (χ1) is 11.8. The third kappa shape index (κ3) is 3.12. The summed E-state index contributed by atoms with van der Waals surface area (Å²) in [5.41, 5.74) is 8.83. The van der Waals surface area contributed by atoms with Crippen LogP contribution in [0.5, 0.6) is 0 Å². The van der Waals surface area contributed by atoms with Crippen LogP contribution in [0.2, 0.25) is 0 Å². The third-order valence-electron chi connectivity index (χ3n) is 4.39. The fourth-order valence-electron chi connectivity index (χ4n) is 3.02. The Labute approximate surface area is 147 Å². The lowest BCUT2D eigenvalue weighted by Gasteiger charge is -2.30. The van der Waals surface area contributed by atoms with Crippen LogP contribution in [-0.4, -0.2) is 39.3 Å². The van der Waals surface area contributed by atoms with E-state index in [9.17, 15) is 13.2 Å². The number of hydrogen-bond donors (Lipinski definition) is 1. The average Bonchev–Trinajstić information content (AvgIpc) is 2.61. The van der Waals surface area contributed by atoms with Crippen molar-refractivity contribution in [3.8, 4) is 0 Å². The normalized spacial score (nSPS) is 14.4. The first kappa shape index (κ1) is 17.4. The lowest BCUT2D eigenvalue weighted by atomic mass is 9.99. The number of nitrogens with two attached hydrogens (primary N) is 1. The molecule has 1 heterocycles. The summed E-state index contributed by atoms with van der Waals surface area (Å²) in [5, 5.41) is 0. The number of nitrogen functional groups attached to an aromatic ring is 1. The van der Waals surface area contributed by atoms with E-state index < -0.39 is 10.0 Å². The molecule has 0 atom stereocenters. The van der Waals surface area contributed by atoms with Gasteiger partial charge in [-0.1, -0.05) is 12.1 Å². The highest BCUT2D eigenvalue weighted by molar-refractivity contribution is 7.89. The Balaban J connectivity index is 2.00. The molecule has 1 amide bonds. The van der Waals surface area contributed by atoms with Gasteiger partial charge >= 0.3 is 0 Å². The molecular weight excluding hydrogens is 338 g/mol. The zero-order chi connectivity index (χ0) is 18.2. The van der Waals surface area contributed by atoms with Crippen molar-refractivity contribution in [3.63, 3.8) is 0 Å². The topological polar surface area (TPSA) is 83.7 Å². The zero-order valence-corrected chi connectivity index (χ0v) is 15.1. The molecule has 2 aromatic carbocycles. The van der Waals surface area contributed by atoms with Crippen LogP contribution in [-0.2, 0) is 16.4 Å². The lowest BCUT2D eigenvalue weighted by molar-refractivity contribution is 0.0985. The van der Waals surface area contributed by atoms with Crippen LogP contribution in [0.25, 0.3) is 0 Å². The number of anilines is 2. The number of rotatable bonds is 3. The molecule has 0 aromatic heterocycles. The van der Waals surface area contributed by atoms with Crippen molar-refractivity contribution in [2.24, 2.45) is 0 Å². The summed E-state index contributed by atoms with van der Waals surface area (Å²) in [6, 6.07) is 11.7. The number of benzene rings is 2. The Morgan fingerprint density at radius 3 is 2.60 bits per heavy atom. The molecule has 0 unspecified atom stereocenters. The Bertz CT molecular complexity index is 923. The molecule has 0 fully saturated rings. The van der Waals surface area contributed by atoms with E-state index in [0.29, 0.717) is 17.8 Å². The second-order valence-corrected chi connectivity index (χ2v) is 8.37. The van der Waals surface area contributed by atoms with Gasteiger partial charge in [0.05, 0.1) is 4.90 Å². The van der Waals surface area contributed by atoms with Gasteiger partial charge in [-0.3, -0.25) is 4.79 Å². The van der Waals surface area contributed by atoms with Gasteiger partial charge in [-0.05, 0) is 48.7 Å². The molecule has 6 nitrogen and oxygen atoms in total. The van der Waals surface area contributed by atoms with Gasteiger partial charge in [0.25, 0.3) is 5.91 Å². The van der Waals surface area contributed by atoms with Crippen LogP contribution in [0.4, 0.5) is 11.4 Å². The minimum atomic E-state index is -3.59. The maximum atomic E-state index is 13.0. The van der Waals surface area contributed by atoms with Crippen LogP contribution >= 0.6 is 0 Å². The number of hydrogen-bond acceptors (Lipinski definition) is 4. The van der Waals surface area contributed by atoms with Crippen molar-refractivity contribution in [2.75, 3.05) is 31.3 Å². The maximum Gasteiger partial charge on any atom is 0.258 e. The van der Waals surface area contributed by atoms with Crippen LogP contribution in [0.3, 0.4) is 0 Å². The highest BCUT2D eigenvalue weighted by atomic mass is 32.2. The zero-order valence-electron chi connectivity index (χ0n) is 14.3. The molecule has 0 bridgehead atoms. The van der Waals surface area contributed by atoms with Gasteiger partial charge in [0.1, 0.15) is 0 Å². The van der Waals surface area contributed by atoms with Gasteiger partial charge in [-0.25, -0.2) is 12.7 Å². The molecule has 0 aliphatic carbocycles. The SMILES string of the molecule is CN(C)S(=O)(=O)c1cccc(C(=O)N2CCCc3c(N)cccc32)c1. The largest absolute Gasteiger partial charge is 0.398 e. The van der Waals surface area contributed by atoms with Gasteiger partial charge in [0.2, 0.25) is 10.0 Å². The fourth-order valence-corrected chi connectivity index (χ4v) is 3.97. The van der Waals surface area contributed by atoms with Crippen molar-refractivity contribution in [1.29, 1.82) is 0 Å². The second-order valence-electron chi connectivity index (χ2n) is 6.22. The van der Waals surface area contributed by atoms with Crippen molar-refractivity contribution < 1.29 is 13.2 Å². The monoisotopic (exact) mass is 359 g/mol. The number of carbonyl (C=O) groups excluding carboxylic acids is 1. The number of sulfonamides is 1. The molecule has 132 valence electrons. The third-order valence-corrected chi connectivity index (χ3v) is 6.20. The molecular formula is C18H21N3O3S. The van der Waals surface area contributed by atoms with E-state index in [2.05, 4.69) is 0 Å². The quantitative estimate of drug-likeness (QED) is 0.851. The Morgan fingerprint density at radius 1 is 1.16 bits per heavy atom. The van der Waals surface area contributed by atoms with Crippen molar-refractivity contribution in [2.45, 2.75) is 17.7 Å². The molecule has 3 rings (SSSR count). The summed E-state index contributed by atoms with van der Waals surface area (Å²) in [5.74, 6) is -0.220. The van der Waals surface area contributed by atoms with Crippen molar-refractivity contribution in [1.82, 2.24) is 4.31 Å². The fraction of sp³-hybridized carbons (Fsp3) is 0.278. The summed E-state index contributed by atoms with van der Waals surface area (Å²) in [7, 11) is -0.657. The standard InChI is InChI=1S/C18H21N3O3S/c1-20(2)25(23,24)14-7-3-6-13(12-14)18(22)21-11-5-8-15-16(19)9-4-10-17(15)21/h3-4,6-7,9-10,12H,5,8,11,19H2,1-2H3. The van der Waals surface area contributed by atoms with Crippen LogP contribution in [0.15, 0.2) is 47.4 Å². The highest BCUT2D eigenvalue weighted by Crippen LogP contribution is 2.32. The van der Waals surface area contributed by atoms with Gasteiger partial charge in [-0.2, -0.15) is 0 Å². The average molecular weight is 359 g/mol. The molecule has 0 spiro atoms. The summed E-state index contributed by atoms with van der Waals surface area (Å²) in [6.07, 6.45) is 1.66. The summed E-state index contributed by atoms with van der Waals surface area (Å²) in [6.45, 7) is 0.583. The van der Waals surface area contributed by atoms with Crippen molar-refractivity contribution in [3.05, 3.63) is 53.6 Å². The summed E-state index contributed by atoms with van der Waals surface area (Å²) in [4.78, 5) is 14.8. The Morgan fingerprint density at radius 2 is 1.88 bits per heavy atom. The van der Waals surface area contributed by atoms with Crippen LogP contribution in [0.1, 0.15) is 22.3 Å². The molecule has 2 aromatic rings. The predicted octanol–water partition coefficient (Wildman–Crippen LogP) is 2.11.